The van der Waals surface area contributed by atoms with Gasteiger partial charge in [0.1, 0.15) is 16.4 Å². The summed E-state index contributed by atoms with van der Waals surface area (Å²) in [6.45, 7) is 22.2. The van der Waals surface area contributed by atoms with E-state index in [9.17, 15) is 5.26 Å². The Morgan fingerprint density at radius 3 is 1.93 bits per heavy atom. The van der Waals surface area contributed by atoms with Gasteiger partial charge in [-0.15, -0.1) is 0 Å². The molecule has 12 heteroatoms. The number of benzene rings is 6. The molecule has 8 aromatic rings. The number of thioether (sulfide) groups is 2. The van der Waals surface area contributed by atoms with Gasteiger partial charge in [-0.1, -0.05) is 158 Å². The van der Waals surface area contributed by atoms with Crippen LogP contribution in [-0.4, -0.2) is 13.6 Å². The molecule has 84 heavy (non-hydrogen) atoms. The third-order valence-electron chi connectivity index (χ3n) is 15.9. The highest BCUT2D eigenvalue weighted by molar-refractivity contribution is 8.04. The fraction of sp³-hybridized carbons (Fsp3) is 0.306. The molecule has 434 valence electrons. The molecule has 0 fully saturated rings. The molecule has 1 unspecified atom stereocenters. The first-order valence-corrected chi connectivity index (χ1v) is 33.4. The zero-order chi connectivity index (χ0) is 59.1. The minimum Gasteiger partial charge on any atom is -0.691 e. The maximum atomic E-state index is 9.43. The molecule has 0 bridgehead atoms. The van der Waals surface area contributed by atoms with Crippen molar-refractivity contribution < 1.29 is 23.8 Å². The van der Waals surface area contributed by atoms with Crippen molar-refractivity contribution in [1.29, 1.82) is 0 Å². The van der Waals surface area contributed by atoms with Gasteiger partial charge < -0.3 is 15.1 Å². The predicted molar refractivity (Wildman–Crippen MR) is 358 cm³/mol. The first kappa shape index (κ1) is 61.2. The highest BCUT2D eigenvalue weighted by Gasteiger charge is 2.31. The fourth-order valence-corrected chi connectivity index (χ4v) is 17.0. The summed E-state index contributed by atoms with van der Waals surface area (Å²) in [5.41, 5.74) is 19.2. The van der Waals surface area contributed by atoms with Crippen LogP contribution in [0.5, 0.6) is 0 Å². The number of nitrogens with zero attached hydrogens (tertiary/aromatic N) is 4. The molecule has 0 spiro atoms. The molecule has 7 nitrogen and oxygen atoms in total. The lowest BCUT2D eigenvalue weighted by atomic mass is 9.75. The molecule has 0 N–H and O–H groups in total. The van der Waals surface area contributed by atoms with Gasteiger partial charge in [-0.2, -0.15) is 13.5 Å². The van der Waals surface area contributed by atoms with Crippen LogP contribution >= 0.6 is 58.2 Å². The van der Waals surface area contributed by atoms with Crippen LogP contribution in [0.25, 0.3) is 32.6 Å². The van der Waals surface area contributed by atoms with Gasteiger partial charge in [0.2, 0.25) is 11.0 Å². The number of aryl methyl sites for hydroxylation is 7. The molecule has 4 aliphatic rings. The van der Waals surface area contributed by atoms with Crippen molar-refractivity contribution in [2.45, 2.75) is 134 Å². The van der Waals surface area contributed by atoms with Gasteiger partial charge in [-0.25, -0.2) is 0 Å². The quantitative estimate of drug-likeness (QED) is 0.0372. The first-order valence-electron chi connectivity index (χ1n) is 29.4. The number of aromatic nitrogens is 2. The van der Waals surface area contributed by atoms with E-state index < -0.39 is 0 Å². The number of unbranched alkanes of at least 4 members (excludes halogenated alkanes) is 2. The maximum Gasteiger partial charge on any atom is 0.263 e. The summed E-state index contributed by atoms with van der Waals surface area (Å²) in [5.74, 6) is 0.484. The van der Waals surface area contributed by atoms with E-state index in [0.29, 0.717) is 5.92 Å². The Labute approximate surface area is 519 Å². The lowest BCUT2D eigenvalue weighted by Gasteiger charge is -2.31. The van der Waals surface area contributed by atoms with E-state index in [1.165, 1.54) is 131 Å². The van der Waals surface area contributed by atoms with Crippen molar-refractivity contribution in [2.75, 3.05) is 23.4 Å². The van der Waals surface area contributed by atoms with Crippen LogP contribution in [-0.2, 0) is 23.0 Å². The number of hydrogen-bond acceptors (Lipinski definition) is 10. The highest BCUT2D eigenvalue weighted by Crippen LogP contribution is 2.49. The topological polar surface area (TPSA) is 55.8 Å². The van der Waals surface area contributed by atoms with E-state index in [-0.39, 0.29) is 5.41 Å². The van der Waals surface area contributed by atoms with E-state index in [1.54, 1.807) is 0 Å². The molecule has 6 aromatic carbocycles. The number of rotatable bonds is 13. The lowest BCUT2D eigenvalue weighted by Crippen LogP contribution is -2.35. The average molecular weight is 1210 g/mol. The molecular formula is C72H79N4O3S5+. The molecular weight excluding hydrogens is 1130 g/mol. The zero-order valence-corrected chi connectivity index (χ0v) is 54.7. The van der Waals surface area contributed by atoms with Crippen LogP contribution < -0.4 is 24.2 Å². The number of fused-ring (bicyclic) bond motifs is 4. The van der Waals surface area contributed by atoms with E-state index in [1.807, 2.05) is 77.4 Å². The number of allylic oxidation sites excluding steroid dienone is 8. The second kappa shape index (κ2) is 27.6. The molecule has 12 rings (SSSR count). The summed E-state index contributed by atoms with van der Waals surface area (Å²) < 4.78 is 11.8. The number of hydrogen-bond donors (Lipinski definition) is 0. The highest BCUT2D eigenvalue weighted by atomic mass is 32.2. The standard InChI is InChI=1S/C33H41N2S2.C32H31N2S2.C7H8O3S/c1-7-9-10-15-35-28-14-12-24(4)17-30(28)37-32(35)20-26-18-25(21-33(5,6)22-26)19-31-34(8-2)27-13-11-23(3)16-29(27)36-31;1-21-10-12-27-29(14-21)35-31(33(27)3)19-23-16-24(18-26(17-23)25-8-6-5-7-9-25)20-32-34(4)28-13-11-22(2)15-30(28)36-32;1-6-2-4-7(5-3-6)11-10-9-8/h11-14,16-20H,7-10,15,21-22H2,1-6H3;5-16,19-20,26H,17-18H2,1-4H3;2-5,8H,1H3/q2*+1;/p-1. The third-order valence-corrected chi connectivity index (χ3v) is 20.9. The van der Waals surface area contributed by atoms with E-state index in [2.05, 4.69) is 237 Å². The lowest BCUT2D eigenvalue weighted by molar-refractivity contribution is -0.777. The Bertz CT molecular complexity index is 3860. The molecule has 0 amide bonds. The van der Waals surface area contributed by atoms with E-state index in [4.69, 9.17) is 0 Å². The second-order valence-corrected chi connectivity index (χ2v) is 28.6. The Morgan fingerprint density at radius 2 is 1.23 bits per heavy atom. The molecule has 0 saturated heterocycles. The van der Waals surface area contributed by atoms with Gasteiger partial charge >= 0.3 is 0 Å². The Hall–Kier alpha value is -5.93. The van der Waals surface area contributed by atoms with Gasteiger partial charge in [0.25, 0.3) is 10.0 Å². The minimum absolute atomic E-state index is 0.247. The average Bonchev–Trinajstić information content (AvgIpc) is 4.32. The largest absolute Gasteiger partial charge is 0.691 e. The second-order valence-electron chi connectivity index (χ2n) is 23.6. The van der Waals surface area contributed by atoms with Gasteiger partial charge in [0, 0.05) is 59.0 Å². The summed E-state index contributed by atoms with van der Waals surface area (Å²) in [5, 5.41) is 18.0. The minimum atomic E-state index is 0.247. The molecule has 0 saturated carbocycles. The van der Waals surface area contributed by atoms with Crippen molar-refractivity contribution in [2.24, 2.45) is 12.5 Å². The van der Waals surface area contributed by atoms with Crippen LogP contribution in [0.1, 0.15) is 122 Å². The molecule has 2 aliphatic carbocycles. The van der Waals surface area contributed by atoms with Gasteiger partial charge in [0.05, 0.1) is 33.5 Å². The Kier molecular flexibility index (Phi) is 20.1. The maximum absolute atomic E-state index is 9.43. The smallest absolute Gasteiger partial charge is 0.263 e. The van der Waals surface area contributed by atoms with E-state index >= 15 is 0 Å². The van der Waals surface area contributed by atoms with Gasteiger partial charge in [-0.3, -0.25) is 5.04 Å². The van der Waals surface area contributed by atoms with Crippen molar-refractivity contribution in [3.05, 3.63) is 227 Å². The predicted octanol–water partition coefficient (Wildman–Crippen LogP) is 19.1. The van der Waals surface area contributed by atoms with Crippen molar-refractivity contribution in [3.63, 3.8) is 0 Å². The summed E-state index contributed by atoms with van der Waals surface area (Å²) in [6.07, 6.45) is 22.8. The van der Waals surface area contributed by atoms with Crippen LogP contribution in [0.2, 0.25) is 0 Å². The zero-order valence-electron chi connectivity index (χ0n) is 50.6. The summed E-state index contributed by atoms with van der Waals surface area (Å²) in [7, 11) is 4.38. The van der Waals surface area contributed by atoms with Crippen LogP contribution in [0, 0.1) is 40.0 Å². The fourth-order valence-electron chi connectivity index (χ4n) is 11.7. The van der Waals surface area contributed by atoms with E-state index in [0.717, 1.165) is 61.3 Å². The molecule has 1 atom stereocenters. The molecule has 2 aliphatic heterocycles. The van der Waals surface area contributed by atoms with Crippen molar-refractivity contribution >= 4 is 102 Å². The first-order chi connectivity index (χ1) is 40.5. The Morgan fingerprint density at radius 1 is 0.631 bits per heavy atom. The third kappa shape index (κ3) is 15.0. The monoisotopic (exact) mass is 1210 g/mol. The number of thiazole rings is 2. The summed E-state index contributed by atoms with van der Waals surface area (Å²) in [6, 6.07) is 45.9. The molecule has 4 heterocycles. The molecule has 0 radical (unpaired) electrons. The van der Waals surface area contributed by atoms with Crippen LogP contribution in [0.4, 0.5) is 11.4 Å². The van der Waals surface area contributed by atoms with Gasteiger partial charge in [-0.05, 0) is 196 Å². The molecule has 2 aromatic heterocycles. The van der Waals surface area contributed by atoms with Crippen molar-refractivity contribution in [3.8, 4) is 0 Å². The normalized spacial score (nSPS) is 18.3. The number of anilines is 2. The van der Waals surface area contributed by atoms with Gasteiger partial charge in [0.15, 0.2) is 6.54 Å². The van der Waals surface area contributed by atoms with Crippen LogP contribution in [0.3, 0.4) is 0 Å². The van der Waals surface area contributed by atoms with Crippen LogP contribution in [0.15, 0.2) is 199 Å². The SMILES string of the molecule is CCCCC[n+]1c(C=C2C=C(C=C3Sc4cc(C)ccc4N3CC)CC(C)(C)C2)sc2cc(C)ccc21.Cc1ccc(SOO[O-])cc1.Cc1ccc2c(c1)SC(=CC1=CC(=Cc3sc4cc(C)ccc4[n+]3C)CC(c3ccccc3)C1)N2C. The summed E-state index contributed by atoms with van der Waals surface area (Å²) in [4.78, 5) is 8.38. The summed E-state index contributed by atoms with van der Waals surface area (Å²) >= 11 is 8.54. The Balaban J connectivity index is 0.000000159. The van der Waals surface area contributed by atoms with Crippen molar-refractivity contribution in [1.82, 2.24) is 0 Å².